The molecule has 0 bridgehead atoms. The van der Waals surface area contributed by atoms with E-state index in [0.29, 0.717) is 15.1 Å². The van der Waals surface area contributed by atoms with Crippen LogP contribution in [-0.2, 0) is 5.54 Å². The van der Waals surface area contributed by atoms with Crippen LogP contribution in [0.5, 0.6) is 0 Å². The number of para-hydroxylation sites is 1. The molecule has 34 heavy (non-hydrogen) atoms. The molecule has 0 saturated heterocycles. The van der Waals surface area contributed by atoms with E-state index in [1.165, 1.54) is 6.42 Å². The third-order valence-corrected chi connectivity index (χ3v) is 7.34. The molecule has 1 aliphatic rings. The Balaban J connectivity index is 1.76. The van der Waals surface area contributed by atoms with Crippen LogP contribution >= 0.6 is 34.8 Å². The molecule has 4 rings (SSSR count). The molecule has 0 aliphatic heterocycles. The van der Waals surface area contributed by atoms with Gasteiger partial charge in [-0.25, -0.2) is 4.68 Å². The first-order chi connectivity index (χ1) is 16.2. The number of tetrazole rings is 1. The number of halogens is 3. The van der Waals surface area contributed by atoms with Crippen molar-refractivity contribution in [3.8, 4) is 0 Å². The van der Waals surface area contributed by atoms with Crippen LogP contribution < -0.4 is 5.32 Å². The molecule has 5 nitrogen and oxygen atoms in total. The minimum atomic E-state index is -0.401. The van der Waals surface area contributed by atoms with Crippen molar-refractivity contribution in [1.82, 2.24) is 20.2 Å². The fourth-order valence-corrected chi connectivity index (χ4v) is 5.30. The number of allylic oxidation sites excluding steroid dienone is 1. The Morgan fingerprint density at radius 2 is 1.74 bits per heavy atom. The second-order valence-corrected chi connectivity index (χ2v) is 11.3. The first kappa shape index (κ1) is 25.0. The van der Waals surface area contributed by atoms with Crippen LogP contribution in [0.3, 0.4) is 0 Å². The lowest BCUT2D eigenvalue weighted by Gasteiger charge is -2.40. The first-order valence-electron chi connectivity index (χ1n) is 11.6. The van der Waals surface area contributed by atoms with E-state index >= 15 is 0 Å². The fourth-order valence-electron chi connectivity index (χ4n) is 4.64. The van der Waals surface area contributed by atoms with Crippen molar-refractivity contribution in [2.75, 3.05) is 5.32 Å². The van der Waals surface area contributed by atoms with Gasteiger partial charge in [-0.3, -0.25) is 0 Å². The fraction of sp³-hybridized carbons (Fsp3) is 0.423. The van der Waals surface area contributed by atoms with E-state index in [4.69, 9.17) is 34.8 Å². The Bertz CT molecular complexity index is 1160. The average molecular weight is 519 g/mol. The average Bonchev–Trinajstić information content (AvgIpc) is 3.27. The number of benzene rings is 2. The minimum Gasteiger partial charge on any atom is -0.371 e. The topological polar surface area (TPSA) is 55.6 Å². The molecular formula is C26H30Cl3N5. The highest BCUT2D eigenvalue weighted by Gasteiger charge is 2.41. The van der Waals surface area contributed by atoms with Crippen LogP contribution in [0.25, 0.3) is 6.08 Å². The number of nitrogens with one attached hydrogen (secondary N) is 1. The van der Waals surface area contributed by atoms with E-state index < -0.39 is 5.54 Å². The molecule has 1 atom stereocenters. The highest BCUT2D eigenvalue weighted by atomic mass is 35.5. The quantitative estimate of drug-likeness (QED) is 0.357. The summed E-state index contributed by atoms with van der Waals surface area (Å²) in [6.07, 6.45) is 9.41. The van der Waals surface area contributed by atoms with Gasteiger partial charge in [-0.05, 0) is 58.5 Å². The van der Waals surface area contributed by atoms with E-state index in [1.807, 2.05) is 47.2 Å². The molecule has 2 aromatic carbocycles. The Hall–Kier alpha value is -2.08. The van der Waals surface area contributed by atoms with Gasteiger partial charge in [0.15, 0.2) is 5.82 Å². The lowest BCUT2D eigenvalue weighted by molar-refractivity contribution is 0.237. The molecule has 8 heteroatoms. The number of anilines is 1. The van der Waals surface area contributed by atoms with Gasteiger partial charge in [0.25, 0.3) is 0 Å². The smallest absolute Gasteiger partial charge is 0.177 e. The zero-order valence-electron chi connectivity index (χ0n) is 19.7. The largest absolute Gasteiger partial charge is 0.371 e. The molecule has 1 saturated carbocycles. The molecule has 0 amide bonds. The summed E-state index contributed by atoms with van der Waals surface area (Å²) in [6.45, 7) is 6.56. The van der Waals surface area contributed by atoms with Crippen molar-refractivity contribution in [2.45, 2.75) is 64.5 Å². The zero-order chi connectivity index (χ0) is 24.3. The second-order valence-electron chi connectivity index (χ2n) is 10.0. The van der Waals surface area contributed by atoms with Crippen molar-refractivity contribution >= 4 is 46.6 Å². The summed E-state index contributed by atoms with van der Waals surface area (Å²) < 4.78 is 1.97. The van der Waals surface area contributed by atoms with Crippen LogP contribution in [0.1, 0.15) is 70.3 Å². The van der Waals surface area contributed by atoms with Crippen LogP contribution in [0.2, 0.25) is 15.1 Å². The molecule has 0 radical (unpaired) electrons. The van der Waals surface area contributed by atoms with E-state index in [-0.39, 0.29) is 11.5 Å². The van der Waals surface area contributed by atoms with Crippen molar-refractivity contribution in [3.05, 3.63) is 75.0 Å². The minimum absolute atomic E-state index is 0.101. The highest BCUT2D eigenvalue weighted by Crippen LogP contribution is 2.43. The van der Waals surface area contributed by atoms with Gasteiger partial charge in [0, 0.05) is 10.0 Å². The summed E-state index contributed by atoms with van der Waals surface area (Å²) >= 11 is 19.0. The van der Waals surface area contributed by atoms with Gasteiger partial charge >= 0.3 is 0 Å². The third-order valence-electron chi connectivity index (χ3n) is 6.45. The molecule has 1 N–H and O–H groups in total. The first-order valence-corrected chi connectivity index (χ1v) is 12.8. The number of aromatic nitrogens is 4. The number of rotatable bonds is 6. The maximum absolute atomic E-state index is 6.53. The second kappa shape index (κ2) is 10.3. The summed E-state index contributed by atoms with van der Waals surface area (Å²) in [4.78, 5) is 0. The molecular weight excluding hydrogens is 489 g/mol. The molecule has 1 unspecified atom stereocenters. The van der Waals surface area contributed by atoms with E-state index in [1.54, 1.807) is 6.07 Å². The Morgan fingerprint density at radius 3 is 2.41 bits per heavy atom. The van der Waals surface area contributed by atoms with Crippen molar-refractivity contribution in [1.29, 1.82) is 0 Å². The Kier molecular flexibility index (Phi) is 7.56. The zero-order valence-corrected chi connectivity index (χ0v) is 22.0. The van der Waals surface area contributed by atoms with E-state index in [2.05, 4.69) is 47.7 Å². The van der Waals surface area contributed by atoms with Gasteiger partial charge in [-0.1, -0.05) is 105 Å². The normalized spacial score (nSPS) is 17.1. The number of hydrogen-bond acceptors (Lipinski definition) is 4. The summed E-state index contributed by atoms with van der Waals surface area (Å²) in [5, 5.41) is 18.9. The molecule has 180 valence electrons. The monoisotopic (exact) mass is 517 g/mol. The van der Waals surface area contributed by atoms with Crippen LogP contribution in [0.15, 0.2) is 48.5 Å². The number of hydrogen-bond donors (Lipinski definition) is 1. The molecule has 1 aromatic heterocycles. The summed E-state index contributed by atoms with van der Waals surface area (Å²) in [7, 11) is 0. The predicted octanol–water partition coefficient (Wildman–Crippen LogP) is 8.21. The van der Waals surface area contributed by atoms with Gasteiger partial charge in [0.2, 0.25) is 0 Å². The van der Waals surface area contributed by atoms with Crippen LogP contribution in [0.4, 0.5) is 5.69 Å². The van der Waals surface area contributed by atoms with E-state index in [9.17, 15) is 0 Å². The Labute approximate surface area is 216 Å². The van der Waals surface area contributed by atoms with Crippen LogP contribution in [0, 0.1) is 5.41 Å². The van der Waals surface area contributed by atoms with Gasteiger partial charge in [0.05, 0.1) is 22.3 Å². The number of nitrogens with zero attached hydrogens (tertiary/aromatic N) is 4. The van der Waals surface area contributed by atoms with Crippen molar-refractivity contribution in [3.63, 3.8) is 0 Å². The molecule has 1 fully saturated rings. The standard InChI is InChI=1S/C26H30Cl3N5/c1-25(2,3)23(14-12-18-11-13-19(27)17-21(18)29)34-24(31-32-33-34)26(15-7-4-8-16-26)30-22-10-6-5-9-20(22)28/h5-6,9-14,17,23,30H,4,7-8,15-16H2,1-3H3/b14-12+. The SMILES string of the molecule is CC(C)(C)C(/C=C/c1ccc(Cl)cc1Cl)n1nnnc1C1(Nc2ccccc2Cl)CCCCC1. The van der Waals surface area contributed by atoms with Gasteiger partial charge < -0.3 is 5.32 Å². The predicted molar refractivity (Wildman–Crippen MR) is 142 cm³/mol. The van der Waals surface area contributed by atoms with Crippen molar-refractivity contribution in [2.24, 2.45) is 5.41 Å². The molecule has 3 aromatic rings. The molecule has 0 spiro atoms. The lowest BCUT2D eigenvalue weighted by Crippen LogP contribution is -2.42. The van der Waals surface area contributed by atoms with Gasteiger partial charge in [0.1, 0.15) is 0 Å². The summed E-state index contributed by atoms with van der Waals surface area (Å²) in [5.41, 5.74) is 1.25. The maximum Gasteiger partial charge on any atom is 0.177 e. The van der Waals surface area contributed by atoms with Gasteiger partial charge in [-0.15, -0.1) is 5.10 Å². The summed E-state index contributed by atoms with van der Waals surface area (Å²) in [6, 6.07) is 13.3. The highest BCUT2D eigenvalue weighted by molar-refractivity contribution is 6.35. The van der Waals surface area contributed by atoms with E-state index in [0.717, 1.165) is 42.8 Å². The maximum atomic E-state index is 6.53. The molecule has 1 aliphatic carbocycles. The Morgan fingerprint density at radius 1 is 1.00 bits per heavy atom. The van der Waals surface area contributed by atoms with Crippen LogP contribution in [-0.4, -0.2) is 20.2 Å². The summed E-state index contributed by atoms with van der Waals surface area (Å²) in [5.74, 6) is 0.832. The van der Waals surface area contributed by atoms with Gasteiger partial charge in [-0.2, -0.15) is 0 Å². The third kappa shape index (κ3) is 5.42. The van der Waals surface area contributed by atoms with Crippen molar-refractivity contribution < 1.29 is 0 Å². The molecule has 1 heterocycles. The lowest BCUT2D eigenvalue weighted by atomic mass is 9.79.